The first-order valence-corrected chi connectivity index (χ1v) is 12.9. The van der Waals surface area contributed by atoms with E-state index in [4.69, 9.17) is 0 Å². The molecule has 1 saturated heterocycles. The Kier molecular flexibility index (Phi) is 5.32. The van der Waals surface area contributed by atoms with E-state index in [0.717, 1.165) is 56.7 Å². The fourth-order valence-electron chi connectivity index (χ4n) is 5.42. The number of hydrogen-bond donors (Lipinski definition) is 2. The van der Waals surface area contributed by atoms with E-state index in [-0.39, 0.29) is 0 Å². The normalized spacial score (nSPS) is 14.6. The van der Waals surface area contributed by atoms with Crippen molar-refractivity contribution in [1.82, 2.24) is 39.6 Å². The molecule has 1 fully saturated rings. The van der Waals surface area contributed by atoms with Crippen molar-refractivity contribution < 1.29 is 0 Å². The number of H-pyrrole nitrogens is 2. The van der Waals surface area contributed by atoms with E-state index in [2.05, 4.69) is 76.0 Å². The van der Waals surface area contributed by atoms with E-state index in [9.17, 15) is 0 Å². The monoisotopic (exact) mass is 488 g/mol. The number of nitrogens with one attached hydrogen (secondary N) is 2. The van der Waals surface area contributed by atoms with Crippen LogP contribution < -0.4 is 0 Å². The highest BCUT2D eigenvalue weighted by Gasteiger charge is 2.16. The molecule has 0 atom stereocenters. The molecule has 8 heteroatoms. The molecule has 6 heterocycles. The second-order valence-electron chi connectivity index (χ2n) is 9.96. The van der Waals surface area contributed by atoms with Crippen LogP contribution in [0, 0.1) is 6.92 Å². The molecule has 0 saturated carbocycles. The molecule has 0 amide bonds. The summed E-state index contributed by atoms with van der Waals surface area (Å²) in [6.45, 7) is 5.28. The molecule has 37 heavy (non-hydrogen) atoms. The molecule has 0 unspecified atom stereocenters. The van der Waals surface area contributed by atoms with Gasteiger partial charge in [0.05, 0.1) is 29.1 Å². The summed E-state index contributed by atoms with van der Waals surface area (Å²) >= 11 is 0. The molecule has 5 aromatic heterocycles. The van der Waals surface area contributed by atoms with Gasteiger partial charge in [-0.1, -0.05) is 12.5 Å². The van der Waals surface area contributed by atoms with Crippen LogP contribution in [0.1, 0.15) is 30.5 Å². The lowest BCUT2D eigenvalue weighted by molar-refractivity contribution is 0.220. The first-order valence-electron chi connectivity index (χ1n) is 12.9. The zero-order chi connectivity index (χ0) is 24.8. The summed E-state index contributed by atoms with van der Waals surface area (Å²) in [7, 11) is 0. The van der Waals surface area contributed by atoms with Crippen LogP contribution in [0.15, 0.2) is 67.5 Å². The van der Waals surface area contributed by atoms with E-state index in [0.29, 0.717) is 5.65 Å². The van der Waals surface area contributed by atoms with Gasteiger partial charge in [-0.2, -0.15) is 5.10 Å². The van der Waals surface area contributed by atoms with Gasteiger partial charge in [-0.3, -0.25) is 15.0 Å². The molecule has 1 aromatic carbocycles. The first kappa shape index (κ1) is 21.9. The van der Waals surface area contributed by atoms with E-state index in [1.165, 1.54) is 37.9 Å². The third kappa shape index (κ3) is 4.09. The van der Waals surface area contributed by atoms with Gasteiger partial charge in [0.1, 0.15) is 0 Å². The van der Waals surface area contributed by atoms with Crippen molar-refractivity contribution in [2.75, 3.05) is 13.1 Å². The first-order chi connectivity index (χ1) is 18.2. The van der Waals surface area contributed by atoms with Gasteiger partial charge in [0, 0.05) is 58.7 Å². The van der Waals surface area contributed by atoms with Crippen LogP contribution in [0.3, 0.4) is 0 Å². The topological polar surface area (TPSA) is 91.3 Å². The molecule has 0 aliphatic carbocycles. The molecule has 6 aromatic rings. The van der Waals surface area contributed by atoms with Crippen molar-refractivity contribution in [3.05, 3.63) is 78.8 Å². The quantitative estimate of drug-likeness (QED) is 0.327. The molecule has 0 bridgehead atoms. The molecular formula is C29H28N8. The Morgan fingerprint density at radius 1 is 0.919 bits per heavy atom. The highest BCUT2D eigenvalue weighted by Crippen LogP contribution is 2.33. The van der Waals surface area contributed by atoms with Crippen LogP contribution in [-0.2, 0) is 6.54 Å². The minimum absolute atomic E-state index is 0.695. The molecule has 184 valence electrons. The third-order valence-corrected chi connectivity index (χ3v) is 7.29. The Balaban J connectivity index is 1.26. The van der Waals surface area contributed by atoms with Gasteiger partial charge in [-0.15, -0.1) is 0 Å². The second-order valence-corrected chi connectivity index (χ2v) is 9.96. The van der Waals surface area contributed by atoms with Gasteiger partial charge in [0.25, 0.3) is 0 Å². The number of benzene rings is 1. The van der Waals surface area contributed by atoms with Crippen LogP contribution >= 0.6 is 0 Å². The minimum atomic E-state index is 0.695. The lowest BCUT2D eigenvalue weighted by atomic mass is 10.0. The summed E-state index contributed by atoms with van der Waals surface area (Å²) in [6, 6.07) is 12.8. The average Bonchev–Trinajstić information content (AvgIpc) is 3.66. The minimum Gasteiger partial charge on any atom is -0.353 e. The molecule has 0 radical (unpaired) electrons. The van der Waals surface area contributed by atoms with Crippen LogP contribution in [0.5, 0.6) is 0 Å². The molecule has 1 aliphatic heterocycles. The maximum absolute atomic E-state index is 4.66. The SMILES string of the molecule is Cc1cn(-c2cccc3[nH]c(-c4[nH]nc5ncc(-c6cncc(CN7CCCCC7)c6)cc45)cc23)cn1. The summed E-state index contributed by atoms with van der Waals surface area (Å²) in [5.74, 6) is 0. The van der Waals surface area contributed by atoms with Crippen molar-refractivity contribution in [2.24, 2.45) is 0 Å². The maximum atomic E-state index is 4.66. The number of aromatic amines is 2. The van der Waals surface area contributed by atoms with Crippen LogP contribution in [-0.4, -0.2) is 52.7 Å². The number of pyridine rings is 2. The molecule has 8 nitrogen and oxygen atoms in total. The van der Waals surface area contributed by atoms with Crippen molar-refractivity contribution in [3.8, 4) is 28.2 Å². The van der Waals surface area contributed by atoms with Gasteiger partial charge in [-0.25, -0.2) is 9.97 Å². The number of likely N-dealkylation sites (tertiary alicyclic amines) is 1. The number of aromatic nitrogens is 7. The number of hydrogen-bond acceptors (Lipinski definition) is 5. The largest absolute Gasteiger partial charge is 0.353 e. The van der Waals surface area contributed by atoms with Crippen LogP contribution in [0.2, 0.25) is 0 Å². The fraction of sp³-hybridized carbons (Fsp3) is 0.241. The Morgan fingerprint density at radius 3 is 2.68 bits per heavy atom. The number of nitrogens with zero attached hydrogens (tertiary/aromatic N) is 6. The average molecular weight is 489 g/mol. The van der Waals surface area contributed by atoms with Gasteiger partial charge >= 0.3 is 0 Å². The molecule has 2 N–H and O–H groups in total. The predicted molar refractivity (Wildman–Crippen MR) is 145 cm³/mol. The van der Waals surface area contributed by atoms with Gasteiger partial charge < -0.3 is 9.55 Å². The number of aryl methyl sites for hydroxylation is 1. The summed E-state index contributed by atoms with van der Waals surface area (Å²) in [4.78, 5) is 19.7. The van der Waals surface area contributed by atoms with E-state index in [1.807, 2.05) is 38.0 Å². The number of rotatable bonds is 5. The highest BCUT2D eigenvalue weighted by molar-refractivity contribution is 5.98. The fourth-order valence-corrected chi connectivity index (χ4v) is 5.42. The summed E-state index contributed by atoms with van der Waals surface area (Å²) in [6.07, 6.45) is 13.6. The molecule has 7 rings (SSSR count). The number of imidazole rings is 1. The molecule has 1 aliphatic rings. The summed E-state index contributed by atoms with van der Waals surface area (Å²) in [5, 5.41) is 9.80. The maximum Gasteiger partial charge on any atom is 0.181 e. The van der Waals surface area contributed by atoms with E-state index >= 15 is 0 Å². The van der Waals surface area contributed by atoms with Crippen LogP contribution in [0.25, 0.3) is 50.1 Å². The lowest BCUT2D eigenvalue weighted by Crippen LogP contribution is -2.29. The van der Waals surface area contributed by atoms with E-state index in [1.54, 1.807) is 0 Å². The van der Waals surface area contributed by atoms with Crippen molar-refractivity contribution in [3.63, 3.8) is 0 Å². The second kappa shape index (κ2) is 8.97. The Hall–Kier alpha value is -4.30. The standard InChI is InChI=1S/C29H28N8/c1-19-16-37(18-32-19)27-7-5-6-25-23(27)12-26(33-25)28-24-11-22(15-31-29(24)35-34-28)21-10-20(13-30-14-21)17-36-8-3-2-4-9-36/h5-7,10-16,18,33H,2-4,8-9,17H2,1H3,(H,31,34,35). The number of piperidine rings is 1. The Bertz CT molecular complexity index is 1720. The molecular weight excluding hydrogens is 460 g/mol. The van der Waals surface area contributed by atoms with Gasteiger partial charge in [-0.05, 0) is 68.8 Å². The van der Waals surface area contributed by atoms with Crippen molar-refractivity contribution in [1.29, 1.82) is 0 Å². The summed E-state index contributed by atoms with van der Waals surface area (Å²) < 4.78 is 2.06. The molecule has 0 spiro atoms. The lowest BCUT2D eigenvalue weighted by Gasteiger charge is -2.26. The Labute approximate surface area is 214 Å². The zero-order valence-electron chi connectivity index (χ0n) is 20.8. The van der Waals surface area contributed by atoms with Crippen molar-refractivity contribution in [2.45, 2.75) is 32.7 Å². The Morgan fingerprint density at radius 2 is 1.81 bits per heavy atom. The predicted octanol–water partition coefficient (Wildman–Crippen LogP) is 5.65. The van der Waals surface area contributed by atoms with Crippen LogP contribution in [0.4, 0.5) is 0 Å². The highest BCUT2D eigenvalue weighted by atomic mass is 15.2. The van der Waals surface area contributed by atoms with Gasteiger partial charge in [0.15, 0.2) is 5.65 Å². The van der Waals surface area contributed by atoms with Gasteiger partial charge in [0.2, 0.25) is 0 Å². The van der Waals surface area contributed by atoms with E-state index < -0.39 is 0 Å². The zero-order valence-corrected chi connectivity index (χ0v) is 20.8. The third-order valence-electron chi connectivity index (χ3n) is 7.29. The number of fused-ring (bicyclic) bond motifs is 2. The smallest absolute Gasteiger partial charge is 0.181 e. The van der Waals surface area contributed by atoms with Crippen molar-refractivity contribution >= 4 is 21.9 Å². The summed E-state index contributed by atoms with van der Waals surface area (Å²) in [5.41, 5.74) is 9.06.